The van der Waals surface area contributed by atoms with Gasteiger partial charge in [-0.1, -0.05) is 89.9 Å². The summed E-state index contributed by atoms with van der Waals surface area (Å²) in [4.78, 5) is 20.0. The van der Waals surface area contributed by atoms with E-state index in [-0.39, 0.29) is 11.5 Å². The number of hydrogen-bond acceptors (Lipinski definition) is 3. The lowest BCUT2D eigenvalue weighted by atomic mass is 10.0. The molecule has 0 aromatic carbocycles. The fourth-order valence-electron chi connectivity index (χ4n) is 3.09. The van der Waals surface area contributed by atoms with Gasteiger partial charge in [-0.15, -0.1) is 0 Å². The van der Waals surface area contributed by atoms with E-state index in [0.717, 1.165) is 25.7 Å². The lowest BCUT2D eigenvalue weighted by Crippen LogP contribution is -1.99. The maximum Gasteiger partial charge on any atom is 0.203 e. The van der Waals surface area contributed by atoms with Gasteiger partial charge in [-0.05, 0) is 12.8 Å². The van der Waals surface area contributed by atoms with Crippen molar-refractivity contribution in [1.29, 1.82) is 0 Å². The molecular formula is C20H38NO3. The summed E-state index contributed by atoms with van der Waals surface area (Å²) in [5, 5.41) is 10.2. The highest BCUT2D eigenvalue weighted by Gasteiger charge is 1.97. The second-order valence-electron chi connectivity index (χ2n) is 6.96. The lowest BCUT2D eigenvalue weighted by Gasteiger charge is -2.03. The Bertz CT molecular complexity index is 282. The first-order chi connectivity index (χ1) is 11.8. The van der Waals surface area contributed by atoms with Crippen LogP contribution in [0.1, 0.15) is 116 Å². The summed E-state index contributed by atoms with van der Waals surface area (Å²) in [7, 11) is 0. The van der Waals surface area contributed by atoms with Crippen LogP contribution in [0, 0.1) is 10.1 Å². The number of unbranched alkanes of at least 4 members (excludes halogenated alkanes) is 17. The van der Waals surface area contributed by atoms with Crippen molar-refractivity contribution in [2.24, 2.45) is 0 Å². The van der Waals surface area contributed by atoms with Crippen molar-refractivity contribution < 1.29 is 9.72 Å². The van der Waals surface area contributed by atoms with Gasteiger partial charge in [0.15, 0.2) is 6.29 Å². The summed E-state index contributed by atoms with van der Waals surface area (Å²) < 4.78 is 0. The zero-order valence-electron chi connectivity index (χ0n) is 15.6. The second kappa shape index (κ2) is 20.1. The molecule has 0 aromatic heterocycles. The van der Waals surface area contributed by atoms with Crippen molar-refractivity contribution in [3.05, 3.63) is 10.1 Å². The summed E-state index contributed by atoms with van der Waals surface area (Å²) in [6, 6.07) is 0. The van der Waals surface area contributed by atoms with Gasteiger partial charge >= 0.3 is 0 Å². The van der Waals surface area contributed by atoms with Crippen LogP contribution in [0.3, 0.4) is 0 Å². The highest BCUT2D eigenvalue weighted by atomic mass is 16.6. The van der Waals surface area contributed by atoms with Crippen LogP contribution in [-0.4, -0.2) is 17.8 Å². The summed E-state index contributed by atoms with van der Waals surface area (Å²) in [6.07, 6.45) is 23.7. The third-order valence-electron chi connectivity index (χ3n) is 4.62. The molecule has 0 aliphatic heterocycles. The molecule has 0 atom stereocenters. The maximum absolute atomic E-state index is 10.2. The van der Waals surface area contributed by atoms with Crippen molar-refractivity contribution in [2.75, 3.05) is 6.54 Å². The normalized spacial score (nSPS) is 10.8. The summed E-state index contributed by atoms with van der Waals surface area (Å²) >= 11 is 0. The largest absolute Gasteiger partial charge is 0.291 e. The minimum absolute atomic E-state index is 0.138. The van der Waals surface area contributed by atoms with Gasteiger partial charge in [0, 0.05) is 17.8 Å². The Morgan fingerprint density at radius 3 is 1.12 bits per heavy atom. The van der Waals surface area contributed by atoms with Crippen LogP contribution in [-0.2, 0) is 4.79 Å². The Labute approximate surface area is 148 Å². The molecule has 0 amide bonds. The highest BCUT2D eigenvalue weighted by Crippen LogP contribution is 2.14. The van der Waals surface area contributed by atoms with E-state index in [1.165, 1.54) is 83.5 Å². The molecule has 0 aliphatic rings. The van der Waals surface area contributed by atoms with Gasteiger partial charge in [0.25, 0.3) is 0 Å². The van der Waals surface area contributed by atoms with E-state index in [0.29, 0.717) is 6.42 Å². The van der Waals surface area contributed by atoms with E-state index < -0.39 is 0 Å². The van der Waals surface area contributed by atoms with Crippen molar-refractivity contribution >= 4 is 6.29 Å². The van der Waals surface area contributed by atoms with Crippen molar-refractivity contribution in [3.63, 3.8) is 0 Å². The van der Waals surface area contributed by atoms with Gasteiger partial charge in [0.1, 0.15) is 0 Å². The van der Waals surface area contributed by atoms with Crippen LogP contribution in [0.15, 0.2) is 0 Å². The summed E-state index contributed by atoms with van der Waals surface area (Å²) in [5.74, 6) is 0. The van der Waals surface area contributed by atoms with E-state index in [4.69, 9.17) is 0 Å². The molecule has 0 fully saturated rings. The zero-order valence-corrected chi connectivity index (χ0v) is 15.6. The minimum Gasteiger partial charge on any atom is -0.291 e. The fourth-order valence-corrected chi connectivity index (χ4v) is 3.09. The van der Waals surface area contributed by atoms with Crippen molar-refractivity contribution in [3.8, 4) is 0 Å². The predicted molar refractivity (Wildman–Crippen MR) is 101 cm³/mol. The third-order valence-corrected chi connectivity index (χ3v) is 4.62. The minimum atomic E-state index is -0.213. The average molecular weight is 341 g/mol. The van der Waals surface area contributed by atoms with E-state index in [1.54, 1.807) is 0 Å². The molecule has 0 rings (SSSR count). The topological polar surface area (TPSA) is 60.2 Å². The number of nitro groups is 1. The fraction of sp³-hybridized carbons (Fsp3) is 0.950. The summed E-state index contributed by atoms with van der Waals surface area (Å²) in [5.41, 5.74) is 0. The van der Waals surface area contributed by atoms with Gasteiger partial charge in [0.05, 0.1) is 0 Å². The smallest absolute Gasteiger partial charge is 0.203 e. The molecule has 141 valence electrons. The van der Waals surface area contributed by atoms with Gasteiger partial charge in [-0.25, -0.2) is 0 Å². The molecular weight excluding hydrogens is 302 g/mol. The Hall–Kier alpha value is -0.930. The van der Waals surface area contributed by atoms with Crippen LogP contribution < -0.4 is 0 Å². The first-order valence-corrected chi connectivity index (χ1v) is 10.2. The molecule has 4 nitrogen and oxygen atoms in total. The molecule has 0 saturated carbocycles. The molecule has 0 aliphatic carbocycles. The Morgan fingerprint density at radius 2 is 0.833 bits per heavy atom. The molecule has 1 radical (unpaired) electrons. The first-order valence-electron chi connectivity index (χ1n) is 10.2. The molecule has 0 saturated heterocycles. The molecule has 0 N–H and O–H groups in total. The number of nitrogens with zero attached hydrogens (tertiary/aromatic N) is 1. The van der Waals surface area contributed by atoms with E-state index in [1.807, 2.05) is 6.29 Å². The third kappa shape index (κ3) is 21.1. The average Bonchev–Trinajstić information content (AvgIpc) is 2.56. The van der Waals surface area contributed by atoms with Crippen LogP contribution in [0.5, 0.6) is 0 Å². The van der Waals surface area contributed by atoms with Gasteiger partial charge in [0.2, 0.25) is 6.54 Å². The van der Waals surface area contributed by atoms with E-state index >= 15 is 0 Å². The molecule has 4 heteroatoms. The Morgan fingerprint density at radius 1 is 0.542 bits per heavy atom. The zero-order chi connectivity index (χ0) is 17.7. The quantitative estimate of drug-likeness (QED) is 0.146. The van der Waals surface area contributed by atoms with Gasteiger partial charge in [-0.2, -0.15) is 0 Å². The standard InChI is InChI=1S/C20H38NO3/c22-20-18-16-14-12-10-8-6-4-2-1-3-5-7-9-11-13-15-17-19-21(23)24/h1-19H2. The number of carbonyl (C=O) groups excluding carboxylic acids is 1. The number of hydrogen-bond donors (Lipinski definition) is 0. The van der Waals surface area contributed by atoms with E-state index in [9.17, 15) is 14.9 Å². The lowest BCUT2D eigenvalue weighted by molar-refractivity contribution is -0.480. The predicted octanol–water partition coefficient (Wildman–Crippen LogP) is 6.39. The monoisotopic (exact) mass is 340 g/mol. The molecule has 0 aromatic rings. The molecule has 0 spiro atoms. The number of rotatable bonds is 20. The second-order valence-corrected chi connectivity index (χ2v) is 6.96. The SMILES string of the molecule is O=[C]CCCCCCCCCCCCCCCCCCC[N+](=O)[O-]. The van der Waals surface area contributed by atoms with Gasteiger partial charge < -0.3 is 0 Å². The Balaban J connectivity index is 2.98. The molecule has 0 heterocycles. The summed E-state index contributed by atoms with van der Waals surface area (Å²) in [6.45, 7) is 0.138. The van der Waals surface area contributed by atoms with E-state index in [2.05, 4.69) is 0 Å². The van der Waals surface area contributed by atoms with Crippen LogP contribution in [0.2, 0.25) is 0 Å². The van der Waals surface area contributed by atoms with Crippen LogP contribution in [0.25, 0.3) is 0 Å². The van der Waals surface area contributed by atoms with Crippen LogP contribution in [0.4, 0.5) is 0 Å². The first kappa shape index (κ1) is 23.1. The molecule has 0 unspecified atom stereocenters. The molecule has 24 heavy (non-hydrogen) atoms. The Kier molecular flexibility index (Phi) is 19.3. The molecule has 0 bridgehead atoms. The van der Waals surface area contributed by atoms with Crippen LogP contribution >= 0.6 is 0 Å². The van der Waals surface area contributed by atoms with Gasteiger partial charge in [-0.3, -0.25) is 14.9 Å². The van der Waals surface area contributed by atoms with Crippen molar-refractivity contribution in [1.82, 2.24) is 0 Å². The van der Waals surface area contributed by atoms with Crippen molar-refractivity contribution in [2.45, 2.75) is 116 Å². The maximum atomic E-state index is 10.2. The highest BCUT2D eigenvalue weighted by molar-refractivity contribution is 5.50.